The number of aliphatic hydroxyl groups is 1. The van der Waals surface area contributed by atoms with Crippen molar-refractivity contribution in [2.75, 3.05) is 13.1 Å². The van der Waals surface area contributed by atoms with Crippen LogP contribution in [0, 0.1) is 0 Å². The van der Waals surface area contributed by atoms with Crippen LogP contribution in [0.1, 0.15) is 49.1 Å². The Hall–Kier alpha value is -2.24. The summed E-state index contributed by atoms with van der Waals surface area (Å²) in [6, 6.07) is 17.5. The van der Waals surface area contributed by atoms with Gasteiger partial charge in [-0.2, -0.15) is 0 Å². The van der Waals surface area contributed by atoms with Gasteiger partial charge in [-0.05, 0) is 74.0 Å². The summed E-state index contributed by atoms with van der Waals surface area (Å²) in [5, 5.41) is 18.0. The van der Waals surface area contributed by atoms with Gasteiger partial charge in [-0.3, -0.25) is 4.90 Å². The number of hydrogen-bond donors (Lipinski definition) is 2. The number of halogens is 1. The Morgan fingerprint density at radius 2 is 1.91 bits per heavy atom. The smallest absolute Gasteiger partial charge is 0.133 e. The zero-order valence-electron chi connectivity index (χ0n) is 20.8. The highest BCUT2D eigenvalue weighted by molar-refractivity contribution is 6.30. The first-order valence-electron chi connectivity index (χ1n) is 12.8. The Morgan fingerprint density at radius 1 is 1.11 bits per heavy atom. The third kappa shape index (κ3) is 5.78. The van der Waals surface area contributed by atoms with E-state index in [0.29, 0.717) is 11.7 Å². The Balaban J connectivity index is 1.20. The first-order chi connectivity index (χ1) is 16.9. The van der Waals surface area contributed by atoms with Crippen molar-refractivity contribution in [2.45, 2.75) is 70.2 Å². The van der Waals surface area contributed by atoms with Gasteiger partial charge >= 0.3 is 0 Å². The summed E-state index contributed by atoms with van der Waals surface area (Å²) in [4.78, 5) is 7.05. The number of aliphatic hydroxyl groups excluding tert-OH is 1. The van der Waals surface area contributed by atoms with Gasteiger partial charge in [-0.25, -0.2) is 4.98 Å². The van der Waals surface area contributed by atoms with Crippen LogP contribution in [0.4, 0.5) is 0 Å². The van der Waals surface area contributed by atoms with Crippen LogP contribution in [0.25, 0.3) is 10.8 Å². The van der Waals surface area contributed by atoms with Crippen LogP contribution in [-0.4, -0.2) is 45.8 Å². The minimum Gasteiger partial charge on any atom is -0.390 e. The zero-order valence-corrected chi connectivity index (χ0v) is 21.6. The standard InChI is InChI=1S/C30H36ClN3O/c1-30(2,18-21-13-14-22-8-3-4-9-23(22)16-21)32-19-28(35)27-12-7-15-34(27)20-25-17-24-10-5-6-11-26(24)33-29(25)31/h3-6,8-9,13-14,16-17,27-28,32,35H,7,10-12,15,18-20H2,1-2H3. The first kappa shape index (κ1) is 24.5. The van der Waals surface area contributed by atoms with Crippen LogP contribution >= 0.6 is 11.6 Å². The van der Waals surface area contributed by atoms with Crippen molar-refractivity contribution < 1.29 is 5.11 Å². The minimum atomic E-state index is -0.430. The number of aromatic nitrogens is 1. The van der Waals surface area contributed by atoms with E-state index >= 15 is 0 Å². The summed E-state index contributed by atoms with van der Waals surface area (Å²) in [5.41, 5.74) is 4.64. The third-order valence-electron chi connectivity index (χ3n) is 7.51. The van der Waals surface area contributed by atoms with Crippen molar-refractivity contribution in [1.29, 1.82) is 0 Å². The van der Waals surface area contributed by atoms with E-state index in [1.54, 1.807) is 0 Å². The molecule has 2 N–H and O–H groups in total. The van der Waals surface area contributed by atoms with Gasteiger partial charge in [-0.15, -0.1) is 0 Å². The number of likely N-dealkylation sites (tertiary alicyclic amines) is 1. The maximum atomic E-state index is 11.2. The lowest BCUT2D eigenvalue weighted by atomic mass is 9.93. The molecule has 1 saturated heterocycles. The van der Waals surface area contributed by atoms with Gasteiger partial charge in [0.15, 0.2) is 0 Å². The lowest BCUT2D eigenvalue weighted by Crippen LogP contribution is -2.50. The maximum absolute atomic E-state index is 11.2. The molecule has 0 bridgehead atoms. The fourth-order valence-corrected chi connectivity index (χ4v) is 5.84. The number of nitrogens with one attached hydrogen (secondary N) is 1. The molecule has 0 saturated carbocycles. The molecule has 2 atom stereocenters. The molecule has 1 aliphatic carbocycles. The quantitative estimate of drug-likeness (QED) is 0.325. The number of pyridine rings is 1. The number of nitrogens with zero attached hydrogens (tertiary/aromatic N) is 2. The Labute approximate surface area is 214 Å². The largest absolute Gasteiger partial charge is 0.390 e. The molecule has 35 heavy (non-hydrogen) atoms. The molecule has 2 aromatic carbocycles. The molecule has 0 spiro atoms. The van der Waals surface area contributed by atoms with E-state index in [-0.39, 0.29) is 11.6 Å². The van der Waals surface area contributed by atoms with Gasteiger partial charge < -0.3 is 10.4 Å². The Bertz CT molecular complexity index is 1220. The molecule has 2 heterocycles. The van der Waals surface area contributed by atoms with Crippen molar-refractivity contribution in [3.63, 3.8) is 0 Å². The lowest BCUT2D eigenvalue weighted by molar-refractivity contribution is 0.0632. The zero-order chi connectivity index (χ0) is 24.4. The normalized spacial score (nSPS) is 19.3. The van der Waals surface area contributed by atoms with Crippen molar-refractivity contribution >= 4 is 22.4 Å². The number of benzene rings is 2. The summed E-state index contributed by atoms with van der Waals surface area (Å²) in [6.45, 7) is 6.73. The summed E-state index contributed by atoms with van der Waals surface area (Å²) in [7, 11) is 0. The van der Waals surface area contributed by atoms with E-state index in [0.717, 1.165) is 56.5 Å². The molecule has 0 radical (unpaired) electrons. The van der Waals surface area contributed by atoms with Crippen LogP contribution in [0.3, 0.4) is 0 Å². The number of β-amino-alcohol motifs (C(OH)–C–C–N with tert-alkyl or cyclic N) is 1. The van der Waals surface area contributed by atoms with Gasteiger partial charge in [-0.1, -0.05) is 66.2 Å². The second kappa shape index (κ2) is 10.4. The average molecular weight is 490 g/mol. The van der Waals surface area contributed by atoms with Gasteiger partial charge in [0.2, 0.25) is 0 Å². The molecule has 1 fully saturated rings. The van der Waals surface area contributed by atoms with E-state index in [1.807, 2.05) is 0 Å². The van der Waals surface area contributed by atoms with Crippen LogP contribution in [-0.2, 0) is 25.8 Å². The fraction of sp³-hybridized carbons (Fsp3) is 0.433. The van der Waals surface area contributed by atoms with Crippen LogP contribution in [0.5, 0.6) is 0 Å². The number of fused-ring (bicyclic) bond motifs is 2. The molecule has 5 heteroatoms. The van der Waals surface area contributed by atoms with E-state index in [1.165, 1.54) is 21.9 Å². The number of hydrogen-bond acceptors (Lipinski definition) is 4. The summed E-state index contributed by atoms with van der Waals surface area (Å²) in [6.07, 6.45) is 8.73. The topological polar surface area (TPSA) is 48.4 Å². The van der Waals surface area contributed by atoms with E-state index in [2.05, 4.69) is 89.7 Å². The summed E-state index contributed by atoms with van der Waals surface area (Å²) >= 11 is 6.56. The van der Waals surface area contributed by atoms with Gasteiger partial charge in [0.1, 0.15) is 5.15 Å². The molecule has 1 aromatic heterocycles. The molecule has 184 valence electrons. The molecule has 2 aliphatic rings. The summed E-state index contributed by atoms with van der Waals surface area (Å²) in [5.74, 6) is 0. The molecule has 0 amide bonds. The van der Waals surface area contributed by atoms with E-state index in [4.69, 9.17) is 11.6 Å². The van der Waals surface area contributed by atoms with Crippen molar-refractivity contribution in [1.82, 2.24) is 15.2 Å². The molecule has 1 aliphatic heterocycles. The van der Waals surface area contributed by atoms with Crippen LogP contribution in [0.15, 0.2) is 60.7 Å². The van der Waals surface area contributed by atoms with E-state index in [9.17, 15) is 5.11 Å². The molecule has 5 rings (SSSR count). The average Bonchev–Trinajstić information content (AvgIpc) is 3.31. The highest BCUT2D eigenvalue weighted by Crippen LogP contribution is 2.28. The van der Waals surface area contributed by atoms with E-state index < -0.39 is 6.10 Å². The number of allylic oxidation sites excluding steroid dienone is 2. The maximum Gasteiger partial charge on any atom is 0.133 e. The lowest BCUT2D eigenvalue weighted by Gasteiger charge is -2.33. The van der Waals surface area contributed by atoms with Gasteiger partial charge in [0.25, 0.3) is 0 Å². The van der Waals surface area contributed by atoms with Crippen LogP contribution in [0.2, 0.25) is 5.15 Å². The predicted octanol–water partition coefficient (Wildman–Crippen LogP) is 5.48. The predicted molar refractivity (Wildman–Crippen MR) is 145 cm³/mol. The fourth-order valence-electron chi connectivity index (χ4n) is 5.63. The van der Waals surface area contributed by atoms with Gasteiger partial charge in [0, 0.05) is 42.3 Å². The molecule has 4 nitrogen and oxygen atoms in total. The van der Waals surface area contributed by atoms with Crippen LogP contribution < -0.4 is 5.32 Å². The van der Waals surface area contributed by atoms with Crippen molar-refractivity contribution in [2.24, 2.45) is 0 Å². The van der Waals surface area contributed by atoms with Gasteiger partial charge in [0.05, 0.1) is 6.10 Å². The second-order valence-electron chi connectivity index (χ2n) is 10.8. The Kier molecular flexibility index (Phi) is 7.26. The monoisotopic (exact) mass is 489 g/mol. The highest BCUT2D eigenvalue weighted by Gasteiger charge is 2.32. The molecular formula is C30H36ClN3O. The molecule has 2 unspecified atom stereocenters. The number of rotatable bonds is 8. The second-order valence-corrected chi connectivity index (χ2v) is 11.2. The molecular weight excluding hydrogens is 454 g/mol. The highest BCUT2D eigenvalue weighted by atomic mass is 35.5. The third-order valence-corrected chi connectivity index (χ3v) is 7.84. The Morgan fingerprint density at radius 3 is 2.77 bits per heavy atom. The van der Waals surface area contributed by atoms with Crippen molar-refractivity contribution in [3.05, 3.63) is 88.2 Å². The first-order valence-corrected chi connectivity index (χ1v) is 13.2. The molecule has 3 aromatic rings. The van der Waals surface area contributed by atoms with Crippen molar-refractivity contribution in [3.8, 4) is 0 Å². The minimum absolute atomic E-state index is 0.119. The SMILES string of the molecule is CC(C)(Cc1ccc2ccccc2c1)NCC(O)C1CCCN1Cc1cc2c(nc1Cl)CC=CC2. The summed E-state index contributed by atoms with van der Waals surface area (Å²) < 4.78 is 0.